The fourth-order valence-electron chi connectivity index (χ4n) is 3.19. The Kier molecular flexibility index (Phi) is 6.46. The molecule has 0 radical (unpaired) electrons. The number of likely N-dealkylation sites (tertiary alicyclic amines) is 1. The van der Waals surface area contributed by atoms with Gasteiger partial charge in [0, 0.05) is 32.3 Å². The van der Waals surface area contributed by atoms with E-state index >= 15 is 0 Å². The topological polar surface area (TPSA) is 24.5 Å². The molecule has 0 amide bonds. The van der Waals surface area contributed by atoms with Crippen LogP contribution in [0.25, 0.3) is 0 Å². The van der Waals surface area contributed by atoms with E-state index in [1.807, 2.05) is 0 Å². The predicted octanol–water partition coefficient (Wildman–Crippen LogP) is 2.41. The molecule has 3 nitrogen and oxygen atoms in total. The number of hydrogen-bond donors (Lipinski definition) is 1. The average molecular weight is 254 g/mol. The third-order valence-corrected chi connectivity index (χ3v) is 4.24. The summed E-state index contributed by atoms with van der Waals surface area (Å²) < 4.78 is 5.88. The zero-order valence-corrected chi connectivity index (χ0v) is 12.0. The minimum absolute atomic E-state index is 0.491. The van der Waals surface area contributed by atoms with E-state index in [-0.39, 0.29) is 0 Å². The van der Waals surface area contributed by atoms with Gasteiger partial charge in [0.2, 0.25) is 0 Å². The molecule has 18 heavy (non-hydrogen) atoms. The molecule has 106 valence electrons. The molecule has 2 aliphatic rings. The van der Waals surface area contributed by atoms with Crippen molar-refractivity contribution in [2.45, 2.75) is 64.0 Å². The minimum atomic E-state index is 0.491. The van der Waals surface area contributed by atoms with E-state index in [9.17, 15) is 0 Å². The highest BCUT2D eigenvalue weighted by Gasteiger charge is 2.20. The summed E-state index contributed by atoms with van der Waals surface area (Å²) in [6.45, 7) is 7.88. The van der Waals surface area contributed by atoms with Crippen molar-refractivity contribution >= 4 is 0 Å². The van der Waals surface area contributed by atoms with Gasteiger partial charge in [0.05, 0.1) is 6.10 Å². The van der Waals surface area contributed by atoms with Gasteiger partial charge in [-0.1, -0.05) is 19.8 Å². The summed E-state index contributed by atoms with van der Waals surface area (Å²) >= 11 is 0. The summed E-state index contributed by atoms with van der Waals surface area (Å²) in [6, 6.07) is 0.807. The van der Waals surface area contributed by atoms with Crippen molar-refractivity contribution in [3.8, 4) is 0 Å². The summed E-state index contributed by atoms with van der Waals surface area (Å²) in [5, 5.41) is 3.70. The second-order valence-corrected chi connectivity index (χ2v) is 5.87. The molecule has 0 spiro atoms. The Bertz CT molecular complexity index is 217. The van der Waals surface area contributed by atoms with Crippen LogP contribution in [0.2, 0.25) is 0 Å². The smallest absolute Gasteiger partial charge is 0.0702 e. The van der Waals surface area contributed by atoms with Crippen LogP contribution in [-0.4, -0.2) is 49.8 Å². The molecule has 1 heterocycles. The summed E-state index contributed by atoms with van der Waals surface area (Å²) in [5.74, 6) is 0. The van der Waals surface area contributed by atoms with Crippen molar-refractivity contribution in [1.29, 1.82) is 0 Å². The van der Waals surface area contributed by atoms with Gasteiger partial charge in [-0.15, -0.1) is 0 Å². The highest BCUT2D eigenvalue weighted by atomic mass is 16.5. The van der Waals surface area contributed by atoms with Gasteiger partial charge in [-0.2, -0.15) is 0 Å². The van der Waals surface area contributed by atoms with Gasteiger partial charge in [-0.3, -0.25) is 4.90 Å². The van der Waals surface area contributed by atoms with Gasteiger partial charge in [0.1, 0.15) is 0 Å². The van der Waals surface area contributed by atoms with Gasteiger partial charge in [-0.05, 0) is 38.6 Å². The normalized spacial score (nSPS) is 26.8. The van der Waals surface area contributed by atoms with E-state index in [2.05, 4.69) is 17.1 Å². The second kappa shape index (κ2) is 8.13. The Labute approximate surface area is 112 Å². The molecule has 1 N–H and O–H groups in total. The number of ether oxygens (including phenoxy) is 1. The summed E-state index contributed by atoms with van der Waals surface area (Å²) in [4.78, 5) is 2.58. The Balaban J connectivity index is 1.57. The van der Waals surface area contributed by atoms with Crippen molar-refractivity contribution in [1.82, 2.24) is 10.2 Å². The number of nitrogens with one attached hydrogen (secondary N) is 1. The fourth-order valence-corrected chi connectivity index (χ4v) is 3.19. The lowest BCUT2D eigenvalue weighted by Gasteiger charge is -2.32. The average Bonchev–Trinajstić information content (AvgIpc) is 2.90. The van der Waals surface area contributed by atoms with Gasteiger partial charge in [0.15, 0.2) is 0 Å². The molecular formula is C15H30N2O. The maximum atomic E-state index is 5.88. The lowest BCUT2D eigenvalue weighted by Crippen LogP contribution is -2.43. The third-order valence-electron chi connectivity index (χ3n) is 4.24. The quantitative estimate of drug-likeness (QED) is 0.755. The maximum Gasteiger partial charge on any atom is 0.0702 e. The van der Waals surface area contributed by atoms with Crippen molar-refractivity contribution in [2.75, 3.05) is 32.8 Å². The first-order valence-electron chi connectivity index (χ1n) is 7.96. The Morgan fingerprint density at radius 1 is 1.17 bits per heavy atom. The van der Waals surface area contributed by atoms with E-state index < -0.39 is 0 Å². The zero-order chi connectivity index (χ0) is 12.6. The predicted molar refractivity (Wildman–Crippen MR) is 76.0 cm³/mol. The number of rotatable bonds is 7. The molecule has 2 rings (SSSR count). The van der Waals surface area contributed by atoms with Crippen LogP contribution in [0.4, 0.5) is 0 Å². The Morgan fingerprint density at radius 3 is 2.78 bits per heavy atom. The van der Waals surface area contributed by atoms with Crippen LogP contribution in [0.3, 0.4) is 0 Å². The highest BCUT2D eigenvalue weighted by Crippen LogP contribution is 2.17. The van der Waals surface area contributed by atoms with Crippen LogP contribution in [-0.2, 0) is 4.74 Å². The molecule has 0 bridgehead atoms. The first-order valence-corrected chi connectivity index (χ1v) is 7.96. The van der Waals surface area contributed by atoms with Gasteiger partial charge in [0.25, 0.3) is 0 Å². The largest absolute Gasteiger partial charge is 0.377 e. The molecule has 1 saturated heterocycles. The SMILES string of the molecule is CCCOC1CCCN(CCNC2CCCC2)C1. The van der Waals surface area contributed by atoms with E-state index in [0.29, 0.717) is 6.10 Å². The lowest BCUT2D eigenvalue weighted by atomic mass is 10.1. The Morgan fingerprint density at radius 2 is 2.00 bits per heavy atom. The fraction of sp³-hybridized carbons (Fsp3) is 1.00. The first-order chi connectivity index (χ1) is 8.88. The van der Waals surface area contributed by atoms with Crippen molar-refractivity contribution < 1.29 is 4.74 Å². The maximum absolute atomic E-state index is 5.88. The van der Waals surface area contributed by atoms with Crippen LogP contribution in [0.15, 0.2) is 0 Å². The number of nitrogens with zero attached hydrogens (tertiary/aromatic N) is 1. The summed E-state index contributed by atoms with van der Waals surface area (Å²) in [5.41, 5.74) is 0. The van der Waals surface area contributed by atoms with E-state index in [4.69, 9.17) is 4.74 Å². The molecule has 0 aromatic heterocycles. The van der Waals surface area contributed by atoms with Gasteiger partial charge < -0.3 is 10.1 Å². The van der Waals surface area contributed by atoms with Crippen LogP contribution in [0.5, 0.6) is 0 Å². The third kappa shape index (κ3) is 4.87. The molecule has 1 saturated carbocycles. The summed E-state index contributed by atoms with van der Waals surface area (Å²) in [6.07, 6.45) is 9.82. The van der Waals surface area contributed by atoms with E-state index in [1.165, 1.54) is 51.6 Å². The van der Waals surface area contributed by atoms with Crippen molar-refractivity contribution in [2.24, 2.45) is 0 Å². The lowest BCUT2D eigenvalue weighted by molar-refractivity contribution is 0.000238. The van der Waals surface area contributed by atoms with E-state index in [1.54, 1.807) is 0 Å². The molecule has 0 aromatic carbocycles. The van der Waals surface area contributed by atoms with E-state index in [0.717, 1.165) is 32.2 Å². The molecule has 1 aliphatic heterocycles. The molecule has 3 heteroatoms. The monoisotopic (exact) mass is 254 g/mol. The summed E-state index contributed by atoms with van der Waals surface area (Å²) in [7, 11) is 0. The van der Waals surface area contributed by atoms with Gasteiger partial charge in [-0.25, -0.2) is 0 Å². The number of hydrogen-bond acceptors (Lipinski definition) is 3. The molecule has 1 aliphatic carbocycles. The zero-order valence-electron chi connectivity index (χ0n) is 12.0. The molecule has 2 fully saturated rings. The van der Waals surface area contributed by atoms with Crippen molar-refractivity contribution in [3.05, 3.63) is 0 Å². The van der Waals surface area contributed by atoms with Crippen LogP contribution in [0.1, 0.15) is 51.9 Å². The van der Waals surface area contributed by atoms with Crippen LogP contribution in [0, 0.1) is 0 Å². The molecule has 1 unspecified atom stereocenters. The first kappa shape index (κ1) is 14.3. The Hall–Kier alpha value is -0.120. The standard InChI is InChI=1S/C15H30N2O/c1-2-12-18-15-8-5-10-17(13-15)11-9-16-14-6-3-4-7-14/h14-16H,2-13H2,1H3. The molecule has 1 atom stereocenters. The van der Waals surface area contributed by atoms with Crippen LogP contribution >= 0.6 is 0 Å². The second-order valence-electron chi connectivity index (χ2n) is 5.87. The van der Waals surface area contributed by atoms with Crippen molar-refractivity contribution in [3.63, 3.8) is 0 Å². The molecular weight excluding hydrogens is 224 g/mol. The van der Waals surface area contributed by atoms with Gasteiger partial charge >= 0.3 is 0 Å². The molecule has 0 aromatic rings. The highest BCUT2D eigenvalue weighted by molar-refractivity contribution is 4.77. The number of piperidine rings is 1. The van der Waals surface area contributed by atoms with Crippen LogP contribution < -0.4 is 5.32 Å². The minimum Gasteiger partial charge on any atom is -0.377 e.